The summed E-state index contributed by atoms with van der Waals surface area (Å²) in [4.78, 5) is 12.3. The molecule has 1 fully saturated rings. The van der Waals surface area contributed by atoms with E-state index in [2.05, 4.69) is 58.5 Å². The molecule has 24 heavy (non-hydrogen) atoms. The molecule has 0 spiro atoms. The number of guanidine groups is 1. The van der Waals surface area contributed by atoms with Crippen molar-refractivity contribution in [1.29, 1.82) is 0 Å². The zero-order valence-electron chi connectivity index (χ0n) is 15.1. The third-order valence-corrected chi connectivity index (χ3v) is 5.11. The topological polar surface area (TPSA) is 74.3 Å². The number of methoxy groups -OCH3 is 1. The van der Waals surface area contributed by atoms with Crippen molar-refractivity contribution in [1.82, 2.24) is 20.6 Å². The quantitative estimate of drug-likeness (QED) is 0.595. The predicted molar refractivity (Wildman–Crippen MR) is 97.1 cm³/mol. The average Bonchev–Trinajstić information content (AvgIpc) is 2.95. The third kappa shape index (κ3) is 3.11. The van der Waals surface area contributed by atoms with Gasteiger partial charge >= 0.3 is 0 Å². The number of hydrogen-bond acceptors (Lipinski definition) is 3. The molecule has 1 aromatic heterocycles. The summed E-state index contributed by atoms with van der Waals surface area (Å²) >= 11 is 0. The highest BCUT2D eigenvalue weighted by molar-refractivity contribution is 5.80. The summed E-state index contributed by atoms with van der Waals surface area (Å²) in [6.45, 7) is 7.13. The smallest absolute Gasteiger partial charge is 0.191 e. The van der Waals surface area contributed by atoms with Gasteiger partial charge in [0, 0.05) is 25.6 Å². The first kappa shape index (κ1) is 16.8. The number of aliphatic imine (C=N–C) groups is 1. The summed E-state index contributed by atoms with van der Waals surface area (Å²) in [5.41, 5.74) is 3.38. The minimum atomic E-state index is 0.100. The van der Waals surface area contributed by atoms with Gasteiger partial charge in [-0.2, -0.15) is 0 Å². The SMILES string of the molecule is CN=C(NCc1nc2ccc(C)cc2[nH]1)NC1CC(OC)C1(C)C. The number of ether oxygens (including phenoxy) is 1. The van der Waals surface area contributed by atoms with Gasteiger partial charge in [0.2, 0.25) is 0 Å². The molecular formula is C18H27N5O. The molecule has 3 N–H and O–H groups in total. The summed E-state index contributed by atoms with van der Waals surface area (Å²) in [5, 5.41) is 6.82. The van der Waals surface area contributed by atoms with Crippen molar-refractivity contribution in [3.8, 4) is 0 Å². The zero-order valence-corrected chi connectivity index (χ0v) is 15.1. The van der Waals surface area contributed by atoms with Crippen LogP contribution in [0.2, 0.25) is 0 Å². The minimum Gasteiger partial charge on any atom is -0.381 e. The number of imidazole rings is 1. The van der Waals surface area contributed by atoms with Gasteiger partial charge in [-0.1, -0.05) is 19.9 Å². The monoisotopic (exact) mass is 329 g/mol. The van der Waals surface area contributed by atoms with Crippen molar-refractivity contribution in [3.63, 3.8) is 0 Å². The molecule has 1 aromatic carbocycles. The van der Waals surface area contributed by atoms with Crippen LogP contribution in [-0.4, -0.2) is 42.2 Å². The van der Waals surface area contributed by atoms with Crippen molar-refractivity contribution in [3.05, 3.63) is 29.6 Å². The molecule has 1 aliphatic carbocycles. The number of aromatic amines is 1. The van der Waals surface area contributed by atoms with E-state index in [9.17, 15) is 0 Å². The molecular weight excluding hydrogens is 302 g/mol. The number of rotatable bonds is 4. The van der Waals surface area contributed by atoms with Crippen molar-refractivity contribution >= 4 is 17.0 Å². The van der Waals surface area contributed by atoms with Gasteiger partial charge in [-0.3, -0.25) is 4.99 Å². The second-order valence-electron chi connectivity index (χ2n) is 7.11. The van der Waals surface area contributed by atoms with Crippen LogP contribution in [0.25, 0.3) is 11.0 Å². The molecule has 1 heterocycles. The molecule has 0 saturated heterocycles. The highest BCUT2D eigenvalue weighted by Gasteiger charge is 2.48. The van der Waals surface area contributed by atoms with E-state index in [4.69, 9.17) is 4.74 Å². The second-order valence-corrected chi connectivity index (χ2v) is 7.11. The van der Waals surface area contributed by atoms with E-state index in [1.54, 1.807) is 14.2 Å². The second kappa shape index (κ2) is 6.43. The highest BCUT2D eigenvalue weighted by atomic mass is 16.5. The number of aryl methyl sites for hydroxylation is 1. The van der Waals surface area contributed by atoms with Gasteiger partial charge in [0.25, 0.3) is 0 Å². The Balaban J connectivity index is 1.60. The predicted octanol–water partition coefficient (Wildman–Crippen LogP) is 2.35. The standard InChI is InChI=1S/C18H27N5O/c1-11-6-7-12-13(8-11)22-16(21-12)10-20-17(19-4)23-14-9-15(24-5)18(14,2)3/h6-8,14-15H,9-10H2,1-5H3,(H,21,22)(H2,19,20,23). The van der Waals surface area contributed by atoms with Crippen LogP contribution in [0.4, 0.5) is 0 Å². The average molecular weight is 329 g/mol. The lowest BCUT2D eigenvalue weighted by Crippen LogP contribution is -2.63. The number of nitrogens with one attached hydrogen (secondary N) is 3. The van der Waals surface area contributed by atoms with E-state index in [0.717, 1.165) is 29.2 Å². The number of benzene rings is 1. The Kier molecular flexibility index (Phi) is 4.49. The van der Waals surface area contributed by atoms with Gasteiger partial charge in [0.05, 0.1) is 23.7 Å². The fraction of sp³-hybridized carbons (Fsp3) is 0.556. The lowest BCUT2D eigenvalue weighted by molar-refractivity contribution is -0.0922. The van der Waals surface area contributed by atoms with Gasteiger partial charge in [-0.05, 0) is 31.0 Å². The Morgan fingerprint density at radius 2 is 2.25 bits per heavy atom. The van der Waals surface area contributed by atoms with E-state index in [1.165, 1.54) is 5.56 Å². The van der Waals surface area contributed by atoms with Gasteiger partial charge in [-0.15, -0.1) is 0 Å². The molecule has 1 saturated carbocycles. The lowest BCUT2D eigenvalue weighted by Gasteiger charge is -2.51. The van der Waals surface area contributed by atoms with Crippen LogP contribution in [-0.2, 0) is 11.3 Å². The molecule has 130 valence electrons. The molecule has 6 nitrogen and oxygen atoms in total. The molecule has 0 bridgehead atoms. The Morgan fingerprint density at radius 3 is 2.92 bits per heavy atom. The summed E-state index contributed by atoms with van der Waals surface area (Å²) in [5.74, 6) is 1.69. The van der Waals surface area contributed by atoms with E-state index >= 15 is 0 Å². The maximum atomic E-state index is 5.50. The third-order valence-electron chi connectivity index (χ3n) is 5.11. The fourth-order valence-electron chi connectivity index (χ4n) is 3.32. The van der Waals surface area contributed by atoms with Crippen molar-refractivity contribution in [2.45, 2.75) is 45.9 Å². The fourth-order valence-corrected chi connectivity index (χ4v) is 3.32. The normalized spacial score (nSPS) is 23.1. The molecule has 0 aliphatic heterocycles. The summed E-state index contributed by atoms with van der Waals surface area (Å²) < 4.78 is 5.50. The number of fused-ring (bicyclic) bond motifs is 1. The van der Waals surface area contributed by atoms with Crippen molar-refractivity contribution < 1.29 is 4.74 Å². The van der Waals surface area contributed by atoms with Gasteiger partial charge in [-0.25, -0.2) is 4.98 Å². The Bertz CT molecular complexity index is 749. The zero-order chi connectivity index (χ0) is 17.3. The first-order valence-corrected chi connectivity index (χ1v) is 8.39. The van der Waals surface area contributed by atoms with E-state index in [0.29, 0.717) is 18.7 Å². The molecule has 3 rings (SSSR count). The van der Waals surface area contributed by atoms with Gasteiger partial charge in [0.15, 0.2) is 5.96 Å². The van der Waals surface area contributed by atoms with Crippen LogP contribution in [0.5, 0.6) is 0 Å². The Hall–Kier alpha value is -2.08. The molecule has 1 aliphatic rings. The summed E-state index contributed by atoms with van der Waals surface area (Å²) in [6.07, 6.45) is 1.29. The molecule has 0 radical (unpaired) electrons. The largest absolute Gasteiger partial charge is 0.381 e. The van der Waals surface area contributed by atoms with E-state index < -0.39 is 0 Å². The first-order valence-electron chi connectivity index (χ1n) is 8.39. The van der Waals surface area contributed by atoms with Crippen LogP contribution in [0.15, 0.2) is 23.2 Å². The molecule has 2 atom stereocenters. The molecule has 2 aromatic rings. The number of aromatic nitrogens is 2. The maximum Gasteiger partial charge on any atom is 0.191 e. The maximum absolute atomic E-state index is 5.50. The summed E-state index contributed by atoms with van der Waals surface area (Å²) in [6, 6.07) is 6.58. The van der Waals surface area contributed by atoms with E-state index in [1.807, 2.05) is 6.07 Å². The first-order chi connectivity index (χ1) is 11.4. The van der Waals surface area contributed by atoms with Gasteiger partial charge < -0.3 is 20.4 Å². The Morgan fingerprint density at radius 1 is 1.46 bits per heavy atom. The van der Waals surface area contributed by atoms with Crippen LogP contribution in [0.3, 0.4) is 0 Å². The molecule has 0 amide bonds. The van der Waals surface area contributed by atoms with E-state index in [-0.39, 0.29) is 5.41 Å². The lowest BCUT2D eigenvalue weighted by atomic mass is 9.64. The molecule has 2 unspecified atom stereocenters. The Labute approximate surface area is 143 Å². The number of hydrogen-bond donors (Lipinski definition) is 3. The van der Waals surface area contributed by atoms with Crippen LogP contribution < -0.4 is 10.6 Å². The molecule has 6 heteroatoms. The van der Waals surface area contributed by atoms with Crippen molar-refractivity contribution in [2.75, 3.05) is 14.2 Å². The number of H-pyrrole nitrogens is 1. The highest BCUT2D eigenvalue weighted by Crippen LogP contribution is 2.42. The number of nitrogens with zero attached hydrogens (tertiary/aromatic N) is 2. The minimum absolute atomic E-state index is 0.100. The summed E-state index contributed by atoms with van der Waals surface area (Å²) in [7, 11) is 3.57. The van der Waals surface area contributed by atoms with Gasteiger partial charge in [0.1, 0.15) is 5.82 Å². The van der Waals surface area contributed by atoms with Crippen molar-refractivity contribution in [2.24, 2.45) is 10.4 Å². The van der Waals surface area contributed by atoms with Crippen LogP contribution in [0, 0.1) is 12.3 Å². The van der Waals surface area contributed by atoms with Crippen LogP contribution in [0.1, 0.15) is 31.7 Å². The van der Waals surface area contributed by atoms with Crippen LogP contribution >= 0.6 is 0 Å².